The van der Waals surface area contributed by atoms with Crippen LogP contribution in [0, 0.1) is 25.7 Å². The summed E-state index contributed by atoms with van der Waals surface area (Å²) in [7, 11) is 0. The average Bonchev–Trinajstić information content (AvgIpc) is 3.48. The number of hydrogen-bond acceptors (Lipinski definition) is 7. The van der Waals surface area contributed by atoms with Gasteiger partial charge in [0, 0.05) is 11.6 Å². The molecule has 1 amide bonds. The van der Waals surface area contributed by atoms with Gasteiger partial charge in [-0.05, 0) is 55.9 Å². The quantitative estimate of drug-likeness (QED) is 0.223. The summed E-state index contributed by atoms with van der Waals surface area (Å²) in [6.45, 7) is 5.63. The Bertz CT molecular complexity index is 2080. The minimum atomic E-state index is -0.671. The van der Waals surface area contributed by atoms with Crippen molar-refractivity contribution < 1.29 is 9.31 Å². The summed E-state index contributed by atoms with van der Waals surface area (Å²) in [4.78, 5) is 42.1. The summed E-state index contributed by atoms with van der Waals surface area (Å²) in [5.41, 5.74) is 8.94. The number of H-pyrrole nitrogens is 1. The van der Waals surface area contributed by atoms with Gasteiger partial charge in [0.25, 0.3) is 11.5 Å². The maximum Gasteiger partial charge on any atom is 0.362 e. The largest absolute Gasteiger partial charge is 0.382 e. The number of nitrogens with two attached hydrogens (primary N) is 1. The number of anilines is 1. The molecule has 4 aromatic heterocycles. The summed E-state index contributed by atoms with van der Waals surface area (Å²) in [5.74, 6) is 6.44. The molecule has 41 heavy (non-hydrogen) atoms. The Balaban J connectivity index is 1.48. The predicted molar refractivity (Wildman–Crippen MR) is 157 cm³/mol. The number of aromatic amines is 1. The maximum absolute atomic E-state index is 14.2. The molecular weight excluding hydrogens is 536 g/mol. The normalized spacial score (nSPS) is 11.8. The van der Waals surface area contributed by atoms with Gasteiger partial charge in [0.05, 0.1) is 33.3 Å². The van der Waals surface area contributed by atoms with Crippen LogP contribution in [0.5, 0.6) is 0 Å². The topological polar surface area (TPSA) is 136 Å². The van der Waals surface area contributed by atoms with E-state index in [-0.39, 0.29) is 16.9 Å². The number of carbonyl (C=O) groups is 1. The summed E-state index contributed by atoms with van der Waals surface area (Å²) in [5, 5.41) is 7.19. The standard InChI is InChI=1S/C30H24N8O2S/c1-17-23(41-19(3)33-17)14-13-20-9-7-12-22-24(20)30(40)38(21-10-5-4-6-11-21)27(35-22)18(2)34-29(39)25-26(31)36-37-16-8-15-32-28(25)37/h4-12,15-16,18H,1-3H3,(H3,31,34,36,39)/p+1. The lowest BCUT2D eigenvalue weighted by molar-refractivity contribution is -0.577. The molecule has 6 rings (SSSR count). The Morgan fingerprint density at radius 3 is 2.66 bits per heavy atom. The highest BCUT2D eigenvalue weighted by molar-refractivity contribution is 7.12. The summed E-state index contributed by atoms with van der Waals surface area (Å²) in [6.07, 6.45) is 3.30. The van der Waals surface area contributed by atoms with Gasteiger partial charge in [-0.2, -0.15) is 0 Å². The Hall–Kier alpha value is -5.34. The lowest BCUT2D eigenvalue weighted by Gasteiger charge is -2.19. The zero-order valence-electron chi connectivity index (χ0n) is 22.5. The van der Waals surface area contributed by atoms with Crippen molar-refractivity contribution in [2.75, 3.05) is 5.73 Å². The monoisotopic (exact) mass is 561 g/mol. The van der Waals surface area contributed by atoms with E-state index in [1.54, 1.807) is 36.0 Å². The van der Waals surface area contributed by atoms with Crippen molar-refractivity contribution in [3.63, 3.8) is 0 Å². The number of aromatic nitrogens is 6. The highest BCUT2D eigenvalue weighted by Gasteiger charge is 2.27. The second kappa shape index (κ2) is 10.3. The van der Waals surface area contributed by atoms with Crippen LogP contribution in [0.4, 0.5) is 5.82 Å². The number of carbonyl (C=O) groups excluding carboxylic acids is 1. The van der Waals surface area contributed by atoms with Gasteiger partial charge in [0.2, 0.25) is 0 Å². The van der Waals surface area contributed by atoms with E-state index >= 15 is 0 Å². The number of amides is 1. The molecule has 0 aliphatic rings. The number of nitrogens with one attached hydrogen (secondary N) is 2. The number of thiazole rings is 1. The van der Waals surface area contributed by atoms with Crippen LogP contribution in [-0.4, -0.2) is 30.5 Å². The van der Waals surface area contributed by atoms with Gasteiger partial charge in [-0.25, -0.2) is 15.1 Å². The predicted octanol–water partition coefficient (Wildman–Crippen LogP) is 3.39. The summed E-state index contributed by atoms with van der Waals surface area (Å²) >= 11 is 1.51. The van der Waals surface area contributed by atoms with E-state index in [1.807, 2.05) is 56.3 Å². The van der Waals surface area contributed by atoms with Crippen LogP contribution >= 0.6 is 11.3 Å². The Kier molecular flexibility index (Phi) is 6.53. The van der Waals surface area contributed by atoms with Crippen molar-refractivity contribution in [1.29, 1.82) is 0 Å². The van der Waals surface area contributed by atoms with Crippen molar-refractivity contribution in [2.45, 2.75) is 26.8 Å². The molecule has 0 fully saturated rings. The summed E-state index contributed by atoms with van der Waals surface area (Å²) in [6, 6.07) is 15.7. The number of para-hydroxylation sites is 1. The molecule has 0 aliphatic carbocycles. The first-order valence-corrected chi connectivity index (χ1v) is 13.7. The maximum atomic E-state index is 14.2. The molecular formula is C30H25N8O2S+. The SMILES string of the molecule is Cc1nc(C)c(C#Cc2cccc3nc(C(C)NC(=O)c4c(N)[nH][n+]5cccnc45)n(-c4ccccc4)c(=O)c23)s1. The molecule has 6 aromatic rings. The fourth-order valence-electron chi connectivity index (χ4n) is 4.75. The minimum absolute atomic E-state index is 0.176. The van der Waals surface area contributed by atoms with Crippen LogP contribution in [0.3, 0.4) is 0 Å². The zero-order chi connectivity index (χ0) is 28.7. The van der Waals surface area contributed by atoms with Crippen LogP contribution in [0.15, 0.2) is 71.8 Å². The van der Waals surface area contributed by atoms with Gasteiger partial charge in [-0.1, -0.05) is 30.2 Å². The molecule has 4 N–H and O–H groups in total. The average molecular weight is 562 g/mol. The van der Waals surface area contributed by atoms with Crippen LogP contribution in [0.2, 0.25) is 0 Å². The van der Waals surface area contributed by atoms with Crippen molar-refractivity contribution >= 4 is 39.6 Å². The third kappa shape index (κ3) is 4.70. The molecule has 0 saturated heterocycles. The number of nitrogens with zero attached hydrogens (tertiary/aromatic N) is 5. The molecule has 0 radical (unpaired) electrons. The highest BCUT2D eigenvalue weighted by Crippen LogP contribution is 2.22. The molecule has 202 valence electrons. The lowest BCUT2D eigenvalue weighted by Crippen LogP contribution is -2.34. The lowest BCUT2D eigenvalue weighted by atomic mass is 10.1. The molecule has 2 aromatic carbocycles. The van der Waals surface area contributed by atoms with E-state index in [9.17, 15) is 9.59 Å². The summed E-state index contributed by atoms with van der Waals surface area (Å²) < 4.78 is 3.09. The van der Waals surface area contributed by atoms with Gasteiger partial charge < -0.3 is 11.1 Å². The molecule has 1 atom stereocenters. The van der Waals surface area contributed by atoms with E-state index in [1.165, 1.54) is 15.9 Å². The molecule has 10 nitrogen and oxygen atoms in total. The number of hydrogen-bond donors (Lipinski definition) is 3. The van der Waals surface area contributed by atoms with E-state index in [2.05, 4.69) is 32.2 Å². The second-order valence-corrected chi connectivity index (χ2v) is 10.7. The molecule has 4 heterocycles. The number of nitrogen functional groups attached to an aromatic ring is 1. The van der Waals surface area contributed by atoms with Crippen molar-refractivity contribution in [3.8, 4) is 17.5 Å². The number of rotatable bonds is 4. The number of benzene rings is 2. The Labute approximate surface area is 238 Å². The van der Waals surface area contributed by atoms with Crippen molar-refractivity contribution in [1.82, 2.24) is 29.9 Å². The number of aryl methyl sites for hydroxylation is 2. The van der Waals surface area contributed by atoms with Crippen molar-refractivity contribution in [3.05, 3.63) is 110 Å². The van der Waals surface area contributed by atoms with Gasteiger partial charge in [-0.15, -0.1) is 15.9 Å². The Morgan fingerprint density at radius 1 is 1.10 bits per heavy atom. The fraction of sp³-hybridized carbons (Fsp3) is 0.133. The molecule has 1 unspecified atom stereocenters. The molecule has 0 aliphatic heterocycles. The molecule has 0 spiro atoms. The Morgan fingerprint density at radius 2 is 1.90 bits per heavy atom. The van der Waals surface area contributed by atoms with Crippen LogP contribution < -0.4 is 21.1 Å². The first-order valence-electron chi connectivity index (χ1n) is 12.8. The van der Waals surface area contributed by atoms with Crippen LogP contribution in [-0.2, 0) is 0 Å². The molecule has 0 saturated carbocycles. The van der Waals surface area contributed by atoms with Gasteiger partial charge in [0.1, 0.15) is 23.1 Å². The first-order chi connectivity index (χ1) is 19.8. The van der Waals surface area contributed by atoms with E-state index in [0.29, 0.717) is 33.6 Å². The van der Waals surface area contributed by atoms with Gasteiger partial charge in [0.15, 0.2) is 11.4 Å². The number of fused-ring (bicyclic) bond motifs is 2. The zero-order valence-corrected chi connectivity index (χ0v) is 23.3. The smallest absolute Gasteiger partial charge is 0.362 e. The molecule has 0 bridgehead atoms. The minimum Gasteiger partial charge on any atom is -0.382 e. The third-order valence-corrected chi connectivity index (χ3v) is 7.58. The molecule has 11 heteroatoms. The van der Waals surface area contributed by atoms with E-state index in [4.69, 9.17) is 10.7 Å². The van der Waals surface area contributed by atoms with E-state index in [0.717, 1.165) is 15.6 Å². The van der Waals surface area contributed by atoms with Crippen LogP contribution in [0.25, 0.3) is 22.2 Å². The van der Waals surface area contributed by atoms with E-state index < -0.39 is 11.9 Å². The third-order valence-electron chi connectivity index (χ3n) is 6.59. The first kappa shape index (κ1) is 25.9. The van der Waals surface area contributed by atoms with Crippen LogP contribution in [0.1, 0.15) is 50.3 Å². The van der Waals surface area contributed by atoms with Gasteiger partial charge >= 0.3 is 5.65 Å². The van der Waals surface area contributed by atoms with Gasteiger partial charge in [-0.3, -0.25) is 14.2 Å². The fourth-order valence-corrected chi connectivity index (χ4v) is 5.52. The highest BCUT2D eigenvalue weighted by atomic mass is 32.1. The van der Waals surface area contributed by atoms with Crippen molar-refractivity contribution in [2.24, 2.45) is 0 Å². The second-order valence-electron chi connectivity index (χ2n) is 9.45.